The number of rotatable bonds is 5. The molecule has 1 aromatic rings. The molecule has 28 heavy (non-hydrogen) atoms. The Labute approximate surface area is 169 Å². The molecule has 0 bridgehead atoms. The van der Waals surface area contributed by atoms with E-state index in [1.165, 1.54) is 4.57 Å². The van der Waals surface area contributed by atoms with E-state index in [9.17, 15) is 24.9 Å². The van der Waals surface area contributed by atoms with Crippen molar-refractivity contribution in [1.82, 2.24) is 19.5 Å². The number of nitrogens with zero attached hydrogens (tertiary/aromatic N) is 3. The molecule has 0 spiro atoms. The number of H-pyrrole nitrogens is 1. The van der Waals surface area contributed by atoms with E-state index < -0.39 is 36.2 Å². The molecule has 0 unspecified atom stereocenters. The third-order valence-corrected chi connectivity index (χ3v) is 4.57. The summed E-state index contributed by atoms with van der Waals surface area (Å²) in [5, 5.41) is 38.8. The summed E-state index contributed by atoms with van der Waals surface area (Å²) in [6, 6.07) is 3.53. The van der Waals surface area contributed by atoms with Crippen molar-refractivity contribution in [2.24, 2.45) is 0 Å². The van der Waals surface area contributed by atoms with Gasteiger partial charge in [-0.15, -0.1) is 0 Å². The van der Waals surface area contributed by atoms with Crippen molar-refractivity contribution in [3.05, 3.63) is 44.1 Å². The molecule has 0 fully saturated rings. The molecular formula is C17H20N4O6Se. The first-order chi connectivity index (χ1) is 12.7. The number of hydrogen-bond acceptors (Lipinski definition) is 8. The van der Waals surface area contributed by atoms with Crippen molar-refractivity contribution in [2.75, 3.05) is 6.61 Å². The molecule has 1 aromatic carbocycles. The van der Waals surface area contributed by atoms with E-state index in [1.54, 1.807) is 12.1 Å². The molecule has 0 amide bonds. The van der Waals surface area contributed by atoms with Gasteiger partial charge in [0, 0.05) is 17.1 Å². The summed E-state index contributed by atoms with van der Waals surface area (Å²) in [5.41, 5.74) is 1.11. The third-order valence-electron chi connectivity index (χ3n) is 4.57. The zero-order chi connectivity index (χ0) is 19.9. The average molecular weight is 455 g/mol. The molecule has 11 heteroatoms. The minimum atomic E-state index is -1.64. The maximum atomic E-state index is 12.2. The number of hydrogen-bond donors (Lipinski definition) is 5. The van der Waals surface area contributed by atoms with Gasteiger partial charge in [-0.1, -0.05) is 0 Å². The minimum Gasteiger partial charge on any atom is -0.394 e. The van der Waals surface area contributed by atoms with Crippen LogP contribution in [-0.4, -0.2) is 81.9 Å². The summed E-state index contributed by atoms with van der Waals surface area (Å²) in [4.78, 5) is 34.0. The van der Waals surface area contributed by atoms with E-state index in [0.717, 1.165) is 11.1 Å². The van der Waals surface area contributed by atoms with E-state index >= 15 is 0 Å². The van der Waals surface area contributed by atoms with Gasteiger partial charge in [0.05, 0.1) is 24.2 Å². The number of nitrogens with one attached hydrogen (secondary N) is 1. The van der Waals surface area contributed by atoms with E-state index in [0.29, 0.717) is 11.0 Å². The van der Waals surface area contributed by atoms with E-state index in [1.807, 2.05) is 13.8 Å². The molecule has 0 saturated carbocycles. The van der Waals surface area contributed by atoms with Gasteiger partial charge in [0.25, 0.3) is 5.56 Å². The maximum Gasteiger partial charge on any atom is 0.349 e. The van der Waals surface area contributed by atoms with Gasteiger partial charge in [0.2, 0.25) is 0 Å². The second-order valence-electron chi connectivity index (χ2n) is 6.50. The van der Waals surface area contributed by atoms with E-state index in [4.69, 9.17) is 5.11 Å². The fraction of sp³-hybridized carbons (Fsp3) is 0.412. The fourth-order valence-electron chi connectivity index (χ4n) is 2.89. The summed E-state index contributed by atoms with van der Waals surface area (Å²) in [5.74, 6) is -0.0516. The van der Waals surface area contributed by atoms with Gasteiger partial charge >= 0.3 is 5.69 Å². The van der Waals surface area contributed by atoms with Crippen molar-refractivity contribution in [3.63, 3.8) is 0 Å². The number of aliphatic hydroxyl groups is 4. The predicted octanol–water partition coefficient (Wildman–Crippen LogP) is -2.10. The van der Waals surface area contributed by atoms with Crippen LogP contribution in [0.1, 0.15) is 11.1 Å². The van der Waals surface area contributed by atoms with Gasteiger partial charge in [0.15, 0.2) is 11.5 Å². The van der Waals surface area contributed by atoms with Crippen molar-refractivity contribution < 1.29 is 20.4 Å². The molecular weight excluding hydrogens is 435 g/mol. The number of aromatic nitrogens is 4. The monoisotopic (exact) mass is 456 g/mol. The van der Waals surface area contributed by atoms with E-state index in [2.05, 4.69) is 15.0 Å². The Morgan fingerprint density at radius 1 is 1.07 bits per heavy atom. The Hall–Kier alpha value is -2.14. The largest absolute Gasteiger partial charge is 0.394 e. The Morgan fingerprint density at radius 2 is 1.71 bits per heavy atom. The van der Waals surface area contributed by atoms with Crippen molar-refractivity contribution in [3.8, 4) is 11.5 Å². The van der Waals surface area contributed by atoms with E-state index in [-0.39, 0.29) is 35.1 Å². The summed E-state index contributed by atoms with van der Waals surface area (Å²) in [7, 11) is 0. The molecule has 2 radical (unpaired) electrons. The van der Waals surface area contributed by atoms with Crippen LogP contribution in [0.15, 0.2) is 21.7 Å². The maximum absolute atomic E-state index is 12.2. The summed E-state index contributed by atoms with van der Waals surface area (Å²) in [6.45, 7) is 2.73. The van der Waals surface area contributed by atoms with Crippen molar-refractivity contribution >= 4 is 28.1 Å². The van der Waals surface area contributed by atoms with Crippen LogP contribution in [0, 0.1) is 13.8 Å². The van der Waals surface area contributed by atoms with Crippen LogP contribution in [0.2, 0.25) is 0 Å². The molecule has 10 nitrogen and oxygen atoms in total. The quantitative estimate of drug-likeness (QED) is 0.216. The fourth-order valence-corrected chi connectivity index (χ4v) is 2.89. The zero-order valence-corrected chi connectivity index (χ0v) is 16.9. The zero-order valence-electron chi connectivity index (χ0n) is 15.2. The van der Waals surface area contributed by atoms with Gasteiger partial charge in [-0.25, -0.2) is 9.78 Å². The Morgan fingerprint density at radius 3 is 2.36 bits per heavy atom. The molecule has 3 rings (SSSR count). The van der Waals surface area contributed by atoms with Gasteiger partial charge in [0.1, 0.15) is 18.3 Å². The second kappa shape index (κ2) is 8.48. The molecule has 150 valence electrons. The summed E-state index contributed by atoms with van der Waals surface area (Å²) in [6.07, 6.45) is -4.68. The van der Waals surface area contributed by atoms with Crippen LogP contribution in [-0.2, 0) is 6.54 Å². The van der Waals surface area contributed by atoms with Gasteiger partial charge in [-0.05, 0) is 37.1 Å². The number of benzene rings is 1. The predicted molar refractivity (Wildman–Crippen MR) is 101 cm³/mol. The molecule has 5 N–H and O–H groups in total. The number of fused-ring (bicyclic) bond motifs is 2. The summed E-state index contributed by atoms with van der Waals surface area (Å²) >= 11 is 0. The molecule has 2 aliphatic rings. The van der Waals surface area contributed by atoms with Crippen LogP contribution in [0.3, 0.4) is 0 Å². The van der Waals surface area contributed by atoms with Gasteiger partial charge in [-0.3, -0.25) is 9.78 Å². The Kier molecular flexibility index (Phi) is 6.71. The topological polar surface area (TPSA) is 162 Å². The van der Waals surface area contributed by atoms with Crippen LogP contribution in [0.25, 0.3) is 22.6 Å². The van der Waals surface area contributed by atoms with Crippen LogP contribution < -0.4 is 11.2 Å². The first-order valence-corrected chi connectivity index (χ1v) is 8.29. The van der Waals surface area contributed by atoms with Crippen LogP contribution >= 0.6 is 0 Å². The first-order valence-electron chi connectivity index (χ1n) is 8.29. The van der Waals surface area contributed by atoms with Crippen molar-refractivity contribution in [1.29, 1.82) is 0 Å². The molecule has 2 heterocycles. The number of aromatic amines is 1. The molecule has 2 aliphatic heterocycles. The van der Waals surface area contributed by atoms with Crippen molar-refractivity contribution in [2.45, 2.75) is 38.7 Å². The number of aliphatic hydroxyl groups excluding tert-OH is 4. The molecule has 0 aliphatic carbocycles. The average Bonchev–Trinajstić information content (AvgIpc) is 2.62. The molecule has 3 atom stereocenters. The smallest absolute Gasteiger partial charge is 0.349 e. The second-order valence-corrected chi connectivity index (χ2v) is 6.50. The molecule has 0 aromatic heterocycles. The Balaban J connectivity index is 0.00000280. The van der Waals surface area contributed by atoms with Crippen LogP contribution in [0.5, 0.6) is 0 Å². The normalized spacial score (nSPS) is 14.6. The first kappa shape index (κ1) is 22.2. The standard InChI is InChI=1S/C17H20N4O6.Se/c1-7-3-9-10(4-8(7)2)21(5-11(23)14(25)12(24)6-22)15-13(18-9)16(26)20-17(27)19-15;/h3-4,11-12,14,22-25H,5-6H2,1-2H3,(H,20,26,27);/t11-,12+,14-;/m0./s1. The minimum absolute atomic E-state index is 0. The SMILES string of the molecule is Cc1cc2nc3c(=O)[nH]c(=O)nc-3n(C[C@H](O)[C@H](O)[C@H](O)CO)c2cc1C.[Se]. The molecule has 0 saturated heterocycles. The Bertz CT molecular complexity index is 1080. The number of aryl methyl sites for hydroxylation is 2. The van der Waals surface area contributed by atoms with Crippen LogP contribution in [0.4, 0.5) is 0 Å². The third kappa shape index (κ3) is 4.00. The van der Waals surface area contributed by atoms with Gasteiger partial charge < -0.3 is 25.0 Å². The van der Waals surface area contributed by atoms with Gasteiger partial charge in [-0.2, -0.15) is 4.98 Å². The summed E-state index contributed by atoms with van der Waals surface area (Å²) < 4.78 is 1.40.